The number of aryl methyl sites for hydroxylation is 1. The second-order valence-electron chi connectivity index (χ2n) is 28.9. The summed E-state index contributed by atoms with van der Waals surface area (Å²) in [5.41, 5.74) is 12.6. The number of benzene rings is 2. The molecule has 3 amide bonds. The fourth-order valence-electron chi connectivity index (χ4n) is 15.5. The van der Waals surface area contributed by atoms with Crippen molar-refractivity contribution in [3.8, 4) is 22.4 Å². The van der Waals surface area contributed by atoms with Gasteiger partial charge in [-0.15, -0.1) is 0 Å². The number of piperidine rings is 1. The summed E-state index contributed by atoms with van der Waals surface area (Å²) >= 11 is 0. The SMILES string of the molecule is CCn1c(-c2cc(N3CCN4CCCC[C@@H]4C3)cnc2C(C)C)c2c3cc(ccc31)-c1cccc(c1)C[C@H](NC(=O)[C@H](C(C)C)N1CC[C@]3(CCN(C(=O)[C@H]4[C@@H](C5CC5)N4[S@](=O)C(C)(C)C)C3)C1)C(=O)N1CCC[C@H](N1)C(=O)OCC(C)(C)C2. The van der Waals surface area contributed by atoms with Crippen LogP contribution in [0.5, 0.6) is 0 Å². The van der Waals surface area contributed by atoms with E-state index in [-0.39, 0.29) is 60.1 Å². The molecule has 6 bridgehead atoms. The summed E-state index contributed by atoms with van der Waals surface area (Å²) in [5.74, 6) is -0.236. The highest BCUT2D eigenvalue weighted by Gasteiger charge is 2.64. The van der Waals surface area contributed by atoms with Gasteiger partial charge in [0.15, 0.2) is 0 Å². The number of hydrazine groups is 1. The predicted octanol–water partition coefficient (Wildman–Crippen LogP) is 8.71. The first-order valence-corrected chi connectivity index (χ1v) is 33.2. The first-order chi connectivity index (χ1) is 40.1. The summed E-state index contributed by atoms with van der Waals surface area (Å²) < 4.78 is 24.0. The molecule has 1 saturated carbocycles. The zero-order chi connectivity index (χ0) is 59.1. The molecule has 17 heteroatoms. The number of amides is 3. The van der Waals surface area contributed by atoms with Gasteiger partial charge in [0.05, 0.1) is 46.7 Å². The molecule has 7 fully saturated rings. The number of nitrogens with one attached hydrogen (secondary N) is 2. The Labute approximate surface area is 501 Å². The average molecular weight is 1170 g/mol. The van der Waals surface area contributed by atoms with E-state index in [2.05, 4.69) is 127 Å². The van der Waals surface area contributed by atoms with Gasteiger partial charge in [0.25, 0.3) is 5.91 Å². The number of esters is 1. The van der Waals surface area contributed by atoms with Crippen molar-refractivity contribution < 1.29 is 28.1 Å². The van der Waals surface area contributed by atoms with Gasteiger partial charge in [-0.05, 0) is 157 Å². The van der Waals surface area contributed by atoms with Crippen molar-refractivity contribution in [2.45, 2.75) is 193 Å². The Morgan fingerprint density at radius 3 is 2.43 bits per heavy atom. The van der Waals surface area contributed by atoms with Crippen molar-refractivity contribution >= 4 is 51.3 Å². The maximum atomic E-state index is 15.1. The number of likely N-dealkylation sites (tertiary alicyclic amines) is 2. The minimum Gasteiger partial charge on any atom is -0.464 e. The van der Waals surface area contributed by atoms with Crippen LogP contribution in [-0.4, -0.2) is 168 Å². The number of carbonyl (C=O) groups is 4. The highest BCUT2D eigenvalue weighted by atomic mass is 32.2. The van der Waals surface area contributed by atoms with Gasteiger partial charge in [0.1, 0.15) is 29.1 Å². The Morgan fingerprint density at radius 2 is 1.68 bits per heavy atom. The fourth-order valence-corrected chi connectivity index (χ4v) is 17.0. The van der Waals surface area contributed by atoms with Crippen molar-refractivity contribution in [3.63, 3.8) is 0 Å². The van der Waals surface area contributed by atoms with Crippen LogP contribution >= 0.6 is 0 Å². The summed E-state index contributed by atoms with van der Waals surface area (Å²) in [6, 6.07) is 15.8. The average Bonchev–Trinajstić information content (AvgIpc) is 1.68. The number of aromatic nitrogens is 2. The second-order valence-corrected chi connectivity index (χ2v) is 31.0. The van der Waals surface area contributed by atoms with Gasteiger partial charge in [0, 0.05) is 92.1 Å². The smallest absolute Gasteiger partial charge is 0.324 e. The molecule has 1 unspecified atom stereocenters. The van der Waals surface area contributed by atoms with E-state index in [9.17, 15) is 13.8 Å². The molecule has 7 aliphatic heterocycles. The normalized spacial score (nSPS) is 28.6. The van der Waals surface area contributed by atoms with Crippen molar-refractivity contribution in [3.05, 3.63) is 71.5 Å². The highest BCUT2D eigenvalue weighted by molar-refractivity contribution is 7.84. The van der Waals surface area contributed by atoms with Gasteiger partial charge in [-0.2, -0.15) is 0 Å². The lowest BCUT2D eigenvalue weighted by Crippen LogP contribution is -2.62. The van der Waals surface area contributed by atoms with Crippen LogP contribution in [0.4, 0.5) is 5.69 Å². The van der Waals surface area contributed by atoms with Gasteiger partial charge < -0.3 is 24.4 Å². The van der Waals surface area contributed by atoms with Crippen LogP contribution in [0.1, 0.15) is 150 Å². The van der Waals surface area contributed by atoms with E-state index >= 15 is 9.59 Å². The van der Waals surface area contributed by atoms with Crippen LogP contribution in [-0.2, 0) is 54.3 Å². The number of fused-ring (bicyclic) bond motifs is 7. The monoisotopic (exact) mass is 1170 g/mol. The fraction of sp³-hybridized carbons (Fsp3) is 0.657. The van der Waals surface area contributed by atoms with Crippen molar-refractivity contribution in [1.82, 2.24) is 44.3 Å². The molecular formula is C67H94N10O6S. The van der Waals surface area contributed by atoms with E-state index in [1.54, 1.807) is 5.01 Å². The Balaban J connectivity index is 0.844. The molecule has 9 atom stereocenters. The number of cyclic esters (lactones) is 1. The van der Waals surface area contributed by atoms with Crippen LogP contribution in [0.2, 0.25) is 0 Å². The molecule has 2 aromatic carbocycles. The van der Waals surface area contributed by atoms with Gasteiger partial charge in [-0.25, -0.2) is 13.9 Å². The maximum absolute atomic E-state index is 15.1. The maximum Gasteiger partial charge on any atom is 0.324 e. The lowest BCUT2D eigenvalue weighted by Gasteiger charge is -2.45. The predicted molar refractivity (Wildman–Crippen MR) is 332 cm³/mol. The third-order valence-corrected chi connectivity index (χ3v) is 22.0. The van der Waals surface area contributed by atoms with Crippen LogP contribution < -0.4 is 15.6 Å². The molecule has 0 radical (unpaired) electrons. The van der Waals surface area contributed by atoms with Gasteiger partial charge in [0.2, 0.25) is 11.8 Å². The Kier molecular flexibility index (Phi) is 16.3. The molecule has 6 saturated heterocycles. The number of ether oxygens (including phenoxy) is 1. The van der Waals surface area contributed by atoms with Crippen molar-refractivity contribution in [1.29, 1.82) is 0 Å². The van der Waals surface area contributed by atoms with Crippen LogP contribution in [0, 0.1) is 22.7 Å². The number of carbonyl (C=O) groups excluding carboxylic acids is 4. The van der Waals surface area contributed by atoms with Gasteiger partial charge >= 0.3 is 5.97 Å². The molecule has 12 rings (SSSR count). The zero-order valence-electron chi connectivity index (χ0n) is 51.9. The van der Waals surface area contributed by atoms with E-state index in [1.165, 1.54) is 42.8 Å². The topological polar surface area (TPSA) is 156 Å². The minimum atomic E-state index is -1.25. The van der Waals surface area contributed by atoms with Crippen molar-refractivity contribution in [2.75, 3.05) is 70.4 Å². The van der Waals surface area contributed by atoms with E-state index in [4.69, 9.17) is 9.72 Å². The molecule has 1 spiro atoms. The molecular weight excluding hydrogens is 1070 g/mol. The summed E-state index contributed by atoms with van der Waals surface area (Å²) in [7, 11) is -1.25. The number of hydrogen-bond acceptors (Lipinski definition) is 11. The summed E-state index contributed by atoms with van der Waals surface area (Å²) in [6.07, 6.45) is 11.8. The molecule has 454 valence electrons. The molecule has 1 aliphatic carbocycles. The van der Waals surface area contributed by atoms with E-state index in [1.807, 2.05) is 36.0 Å². The lowest BCUT2D eigenvalue weighted by molar-refractivity contribution is -0.155. The Hall–Kier alpha value is -5.20. The molecule has 2 aromatic heterocycles. The number of nitrogens with zero attached hydrogens (tertiary/aromatic N) is 8. The summed E-state index contributed by atoms with van der Waals surface area (Å²) in [4.78, 5) is 73.8. The first-order valence-electron chi connectivity index (χ1n) is 32.1. The minimum absolute atomic E-state index is 0.0623. The molecule has 4 aromatic rings. The van der Waals surface area contributed by atoms with Gasteiger partial charge in [-0.1, -0.05) is 78.3 Å². The van der Waals surface area contributed by atoms with E-state index < -0.39 is 45.2 Å². The standard InChI is InChI=1S/C67H94N10O6S/c1-11-75-55-23-22-47-34-50(55)52(59(75)51-35-49(37-68-56(51)42(2)3)72-31-30-71-26-13-12-18-48(71)38-72)36-66(9,10)41-83-64(81)53-19-15-27-76(70-53)62(79)54(33-44-16-14-17-46(47)32-44)69-61(78)57(43(4)5)73-28-24-67(39-73)25-29-74(40-67)63(80)60-58(45-20-21-45)77(60)84(82)65(6,7)8/h14,16-17,22-23,32,34-35,37,42-43,45,48,53-54,57-58,60,70H,11-13,15,18-21,24-31,33,36,38-41H2,1-10H3,(H,69,78)/t48-,53+,54+,57+,58-,60-,67+,77?,84-/m1/s1. The Bertz CT molecular complexity index is 3200. The summed E-state index contributed by atoms with van der Waals surface area (Å²) in [5, 5.41) is 6.02. The summed E-state index contributed by atoms with van der Waals surface area (Å²) in [6.45, 7) is 29.4. The highest BCUT2D eigenvalue weighted by Crippen LogP contribution is 2.51. The van der Waals surface area contributed by atoms with Crippen LogP contribution in [0.15, 0.2) is 54.7 Å². The molecule has 84 heavy (non-hydrogen) atoms. The Morgan fingerprint density at radius 1 is 0.893 bits per heavy atom. The number of hydrogen-bond donors (Lipinski definition) is 2. The van der Waals surface area contributed by atoms with E-state index in [0.717, 1.165) is 90.7 Å². The molecule has 8 aliphatic rings. The lowest BCUT2D eigenvalue weighted by atomic mass is 9.83. The molecule has 16 nitrogen and oxygen atoms in total. The quantitative estimate of drug-likeness (QED) is 0.110. The van der Waals surface area contributed by atoms with Crippen LogP contribution in [0.25, 0.3) is 33.3 Å². The molecule has 2 N–H and O–H groups in total. The zero-order valence-corrected chi connectivity index (χ0v) is 52.7. The van der Waals surface area contributed by atoms with Crippen LogP contribution in [0.3, 0.4) is 0 Å². The largest absolute Gasteiger partial charge is 0.464 e. The third kappa shape index (κ3) is 11.6. The third-order valence-electron chi connectivity index (χ3n) is 20.1. The second kappa shape index (κ2) is 23.1. The van der Waals surface area contributed by atoms with E-state index in [0.29, 0.717) is 63.9 Å². The first kappa shape index (κ1) is 59.1. The number of anilines is 1. The molecule has 9 heterocycles. The number of piperazine rings is 1. The van der Waals surface area contributed by atoms with Crippen molar-refractivity contribution in [2.24, 2.45) is 22.7 Å². The number of rotatable bonds is 11. The number of pyridine rings is 1. The van der Waals surface area contributed by atoms with Gasteiger partial charge in [-0.3, -0.25) is 39.0 Å².